The minimum Gasteiger partial charge on any atom is -0.398 e. The first kappa shape index (κ1) is 22.3. The molecule has 3 aromatic rings. The molecule has 0 fully saturated rings. The number of benzene rings is 3. The molecule has 0 bridgehead atoms. The molecule has 0 radical (unpaired) electrons. The van der Waals surface area contributed by atoms with Crippen molar-refractivity contribution in [1.29, 1.82) is 0 Å². The second kappa shape index (κ2) is 7.32. The van der Waals surface area contributed by atoms with Gasteiger partial charge >= 0.3 is 6.18 Å². The Hall–Kier alpha value is -3.90. The van der Waals surface area contributed by atoms with E-state index in [4.69, 9.17) is 11.5 Å². The zero-order chi connectivity index (χ0) is 24.3. The standard InChI is InChI=1S/C21H14F3N3O5S/c22-21(23,24)12-7-9(5-6-13(12)25)27-14-8-15(33(30,31)32)18(26)17-16(14)19(28)10-3-1-2-4-11(10)20(17)29/h1-8,27H,25-26H2,(H,30,31,32). The number of halogens is 3. The van der Waals surface area contributed by atoms with E-state index in [-0.39, 0.29) is 28.1 Å². The van der Waals surface area contributed by atoms with Gasteiger partial charge in [0.1, 0.15) is 4.90 Å². The van der Waals surface area contributed by atoms with E-state index < -0.39 is 55.3 Å². The molecule has 0 aromatic heterocycles. The Morgan fingerprint density at radius 1 is 0.879 bits per heavy atom. The molecule has 1 aliphatic carbocycles. The highest BCUT2D eigenvalue weighted by Crippen LogP contribution is 2.41. The smallest absolute Gasteiger partial charge is 0.398 e. The van der Waals surface area contributed by atoms with Gasteiger partial charge in [0.25, 0.3) is 10.1 Å². The van der Waals surface area contributed by atoms with E-state index in [2.05, 4.69) is 5.32 Å². The number of rotatable bonds is 3. The molecule has 3 aromatic carbocycles. The fourth-order valence-electron chi connectivity index (χ4n) is 3.64. The summed E-state index contributed by atoms with van der Waals surface area (Å²) >= 11 is 0. The third-order valence-electron chi connectivity index (χ3n) is 5.12. The SMILES string of the molecule is Nc1ccc(Nc2cc(S(=O)(=O)O)c(N)c3c2C(=O)c2ccccc2C3=O)cc1C(F)(F)F. The number of hydrogen-bond donors (Lipinski definition) is 4. The molecule has 4 rings (SSSR count). The molecule has 0 unspecified atom stereocenters. The largest absolute Gasteiger partial charge is 0.418 e. The van der Waals surface area contributed by atoms with Crippen LogP contribution in [0.3, 0.4) is 0 Å². The topological polar surface area (TPSA) is 153 Å². The van der Waals surface area contributed by atoms with Gasteiger partial charge in [0, 0.05) is 22.5 Å². The highest BCUT2D eigenvalue weighted by molar-refractivity contribution is 7.86. The van der Waals surface area contributed by atoms with Crippen molar-refractivity contribution in [2.75, 3.05) is 16.8 Å². The van der Waals surface area contributed by atoms with Gasteiger partial charge in [0.15, 0.2) is 11.6 Å². The predicted molar refractivity (Wildman–Crippen MR) is 113 cm³/mol. The second-order valence-corrected chi connectivity index (χ2v) is 8.58. The lowest BCUT2D eigenvalue weighted by molar-refractivity contribution is -0.136. The number of alkyl halides is 3. The third kappa shape index (κ3) is 3.68. The molecule has 1 aliphatic rings. The molecule has 0 saturated heterocycles. The van der Waals surface area contributed by atoms with E-state index in [0.717, 1.165) is 12.1 Å². The summed E-state index contributed by atoms with van der Waals surface area (Å²) in [5.41, 5.74) is 7.49. The highest BCUT2D eigenvalue weighted by atomic mass is 32.2. The Morgan fingerprint density at radius 3 is 2.00 bits per heavy atom. The Kier molecular flexibility index (Phi) is 4.95. The molecule has 0 atom stereocenters. The molecule has 12 heteroatoms. The van der Waals surface area contributed by atoms with Crippen LogP contribution in [0.5, 0.6) is 0 Å². The van der Waals surface area contributed by atoms with Crippen molar-refractivity contribution in [2.24, 2.45) is 0 Å². The summed E-state index contributed by atoms with van der Waals surface area (Å²) in [6.07, 6.45) is -4.79. The van der Waals surface area contributed by atoms with Gasteiger partial charge in [-0.15, -0.1) is 0 Å². The molecule has 33 heavy (non-hydrogen) atoms. The van der Waals surface area contributed by atoms with E-state index >= 15 is 0 Å². The fourth-order valence-corrected chi connectivity index (χ4v) is 4.29. The zero-order valence-electron chi connectivity index (χ0n) is 16.4. The zero-order valence-corrected chi connectivity index (χ0v) is 17.2. The molecular formula is C21H14F3N3O5S. The van der Waals surface area contributed by atoms with Gasteiger partial charge in [-0.3, -0.25) is 14.1 Å². The molecule has 0 saturated carbocycles. The lowest BCUT2D eigenvalue weighted by atomic mass is 9.82. The van der Waals surface area contributed by atoms with Crippen LogP contribution in [0.25, 0.3) is 0 Å². The van der Waals surface area contributed by atoms with Gasteiger partial charge in [-0.05, 0) is 24.3 Å². The van der Waals surface area contributed by atoms with E-state index in [1.54, 1.807) is 0 Å². The fraction of sp³-hybridized carbons (Fsp3) is 0.0476. The summed E-state index contributed by atoms with van der Waals surface area (Å²) < 4.78 is 73.2. The first-order valence-electron chi connectivity index (χ1n) is 9.17. The Balaban J connectivity index is 1.99. The predicted octanol–water partition coefficient (Wildman–Crippen LogP) is 3.64. The van der Waals surface area contributed by atoms with Gasteiger partial charge in [-0.25, -0.2) is 0 Å². The normalized spacial score (nSPS) is 13.5. The van der Waals surface area contributed by atoms with Crippen LogP contribution in [-0.4, -0.2) is 24.5 Å². The number of fused-ring (bicyclic) bond motifs is 2. The van der Waals surface area contributed by atoms with E-state index in [9.17, 15) is 35.7 Å². The lowest BCUT2D eigenvalue weighted by Gasteiger charge is -2.24. The highest BCUT2D eigenvalue weighted by Gasteiger charge is 2.37. The van der Waals surface area contributed by atoms with Crippen LogP contribution in [-0.2, 0) is 16.3 Å². The first-order chi connectivity index (χ1) is 15.3. The first-order valence-corrected chi connectivity index (χ1v) is 10.6. The minimum absolute atomic E-state index is 0.00495. The van der Waals surface area contributed by atoms with Crippen molar-refractivity contribution in [2.45, 2.75) is 11.1 Å². The summed E-state index contributed by atoms with van der Waals surface area (Å²) in [6, 6.07) is 9.31. The average molecular weight is 477 g/mol. The Labute approximate surface area is 184 Å². The van der Waals surface area contributed by atoms with Crippen molar-refractivity contribution in [3.05, 3.63) is 76.3 Å². The lowest BCUT2D eigenvalue weighted by Crippen LogP contribution is -2.25. The number of hydrogen-bond acceptors (Lipinski definition) is 7. The maximum absolute atomic E-state index is 13.3. The van der Waals surface area contributed by atoms with Crippen molar-refractivity contribution in [1.82, 2.24) is 0 Å². The number of nitrogens with two attached hydrogens (primary N) is 2. The molecule has 8 nitrogen and oxygen atoms in total. The van der Waals surface area contributed by atoms with E-state index in [0.29, 0.717) is 6.07 Å². The summed E-state index contributed by atoms with van der Waals surface area (Å²) in [5.74, 6) is -1.48. The van der Waals surface area contributed by atoms with Crippen LogP contribution in [0.4, 0.5) is 35.9 Å². The summed E-state index contributed by atoms with van der Waals surface area (Å²) in [7, 11) is -4.97. The molecule has 0 amide bonds. The maximum atomic E-state index is 13.3. The van der Waals surface area contributed by atoms with Gasteiger partial charge in [0.05, 0.1) is 28.1 Å². The molecule has 0 spiro atoms. The Morgan fingerprint density at radius 2 is 1.45 bits per heavy atom. The van der Waals surface area contributed by atoms with Crippen molar-refractivity contribution < 1.29 is 35.7 Å². The maximum Gasteiger partial charge on any atom is 0.418 e. The van der Waals surface area contributed by atoms with Crippen LogP contribution in [0.1, 0.15) is 37.4 Å². The van der Waals surface area contributed by atoms with Gasteiger partial charge in [-0.1, -0.05) is 24.3 Å². The summed E-state index contributed by atoms with van der Waals surface area (Å²) in [4.78, 5) is 25.4. The minimum atomic E-state index is -4.97. The number of anilines is 4. The molecule has 0 aliphatic heterocycles. The monoisotopic (exact) mass is 477 g/mol. The number of nitrogen functional groups attached to an aromatic ring is 2. The van der Waals surface area contributed by atoms with Gasteiger partial charge < -0.3 is 16.8 Å². The second-order valence-electron chi connectivity index (χ2n) is 7.19. The molecule has 170 valence electrons. The third-order valence-corrected chi connectivity index (χ3v) is 6.01. The average Bonchev–Trinajstić information content (AvgIpc) is 2.72. The summed E-state index contributed by atoms with van der Waals surface area (Å²) in [6.45, 7) is 0. The van der Waals surface area contributed by atoms with Crippen LogP contribution in [0, 0.1) is 0 Å². The van der Waals surface area contributed by atoms with Crippen molar-refractivity contribution >= 4 is 44.4 Å². The van der Waals surface area contributed by atoms with Crippen LogP contribution < -0.4 is 16.8 Å². The number of nitrogens with one attached hydrogen (secondary N) is 1. The van der Waals surface area contributed by atoms with Crippen LogP contribution in [0.2, 0.25) is 0 Å². The molecule has 6 N–H and O–H groups in total. The number of ketones is 2. The van der Waals surface area contributed by atoms with Gasteiger partial charge in [0.2, 0.25) is 0 Å². The van der Waals surface area contributed by atoms with Crippen LogP contribution in [0.15, 0.2) is 53.4 Å². The van der Waals surface area contributed by atoms with Crippen molar-refractivity contribution in [3.8, 4) is 0 Å². The van der Waals surface area contributed by atoms with Crippen LogP contribution >= 0.6 is 0 Å². The number of carbonyl (C=O) groups excluding carboxylic acids is 2. The quantitative estimate of drug-likeness (QED) is 0.258. The Bertz CT molecular complexity index is 1470. The molecule has 0 heterocycles. The van der Waals surface area contributed by atoms with Crippen molar-refractivity contribution in [3.63, 3.8) is 0 Å². The number of carbonyl (C=O) groups is 2. The molecular weight excluding hydrogens is 463 g/mol. The van der Waals surface area contributed by atoms with Gasteiger partial charge in [-0.2, -0.15) is 21.6 Å². The summed E-state index contributed by atoms with van der Waals surface area (Å²) in [5, 5.41) is 2.53. The van der Waals surface area contributed by atoms with E-state index in [1.807, 2.05) is 0 Å². The van der Waals surface area contributed by atoms with E-state index in [1.165, 1.54) is 30.3 Å².